The second-order valence-electron chi connectivity index (χ2n) is 8.70. The average Bonchev–Trinajstić information content (AvgIpc) is 3.32. The molecule has 0 bridgehead atoms. The highest BCUT2D eigenvalue weighted by atomic mass is 32.2. The van der Waals surface area contributed by atoms with E-state index in [-0.39, 0.29) is 18.6 Å². The number of H-pyrrole nitrogens is 1. The highest BCUT2D eigenvalue weighted by Crippen LogP contribution is 2.22. The molecule has 0 aliphatic heterocycles. The zero-order valence-electron chi connectivity index (χ0n) is 20.8. The summed E-state index contributed by atoms with van der Waals surface area (Å²) in [5, 5.41) is 6.38. The third-order valence-corrected chi connectivity index (χ3v) is 6.98. The van der Waals surface area contributed by atoms with E-state index < -0.39 is 6.04 Å². The number of amides is 2. The highest BCUT2D eigenvalue weighted by molar-refractivity contribution is 7.98. The molecule has 1 unspecified atom stereocenters. The van der Waals surface area contributed by atoms with Gasteiger partial charge >= 0.3 is 12.0 Å². The molecule has 1 atom stereocenters. The molecule has 1 heterocycles. The molecular weight excluding hydrogens is 470 g/mol. The van der Waals surface area contributed by atoms with Crippen LogP contribution in [-0.4, -0.2) is 53.1 Å². The van der Waals surface area contributed by atoms with Crippen LogP contribution in [0.2, 0.25) is 0 Å². The number of carbonyl (C=O) groups is 2. The SMILES string of the molecule is CCOC(=O)C(CCSC)NC(=O)N(CCc1c[nH]c2ccccc12)Cc1cccc2ccccc12. The van der Waals surface area contributed by atoms with E-state index in [0.717, 1.165) is 38.6 Å². The lowest BCUT2D eigenvalue weighted by molar-refractivity contribution is -0.145. The Hall–Kier alpha value is -3.45. The zero-order chi connectivity index (χ0) is 25.3. The molecule has 0 saturated heterocycles. The summed E-state index contributed by atoms with van der Waals surface area (Å²) in [7, 11) is 0. The lowest BCUT2D eigenvalue weighted by Crippen LogP contribution is -2.49. The van der Waals surface area contributed by atoms with Crippen LogP contribution in [-0.2, 0) is 22.5 Å². The molecule has 36 heavy (non-hydrogen) atoms. The monoisotopic (exact) mass is 503 g/mol. The summed E-state index contributed by atoms with van der Waals surface area (Å²) in [5.41, 5.74) is 3.31. The molecule has 1 aromatic heterocycles. The average molecular weight is 504 g/mol. The van der Waals surface area contributed by atoms with Crippen LogP contribution in [0.4, 0.5) is 4.79 Å². The van der Waals surface area contributed by atoms with Crippen molar-refractivity contribution in [1.82, 2.24) is 15.2 Å². The maximum Gasteiger partial charge on any atom is 0.328 e. The van der Waals surface area contributed by atoms with Crippen LogP contribution in [0.25, 0.3) is 21.7 Å². The van der Waals surface area contributed by atoms with Gasteiger partial charge in [-0.3, -0.25) is 0 Å². The Morgan fingerprint density at radius 2 is 1.75 bits per heavy atom. The van der Waals surface area contributed by atoms with Crippen LogP contribution in [0.1, 0.15) is 24.5 Å². The Bertz CT molecular complexity index is 1310. The normalized spacial score (nSPS) is 11.9. The number of fused-ring (bicyclic) bond motifs is 2. The van der Waals surface area contributed by atoms with E-state index in [2.05, 4.69) is 46.7 Å². The molecule has 0 spiro atoms. The number of nitrogens with zero attached hydrogens (tertiary/aromatic N) is 1. The molecule has 2 N–H and O–H groups in total. The minimum atomic E-state index is -0.673. The summed E-state index contributed by atoms with van der Waals surface area (Å²) in [5.74, 6) is 0.365. The first-order chi connectivity index (χ1) is 17.6. The molecule has 4 rings (SSSR count). The van der Waals surface area contributed by atoms with E-state index in [1.165, 1.54) is 0 Å². The fourth-order valence-electron chi connectivity index (χ4n) is 4.45. The van der Waals surface area contributed by atoms with Crippen LogP contribution in [0.15, 0.2) is 72.9 Å². The number of rotatable bonds is 11. The van der Waals surface area contributed by atoms with Crippen LogP contribution >= 0.6 is 11.8 Å². The highest BCUT2D eigenvalue weighted by Gasteiger charge is 2.25. The second kappa shape index (κ2) is 12.5. The molecule has 6 nitrogen and oxygen atoms in total. The number of aromatic amines is 1. The lowest BCUT2D eigenvalue weighted by atomic mass is 10.0. The van der Waals surface area contributed by atoms with Gasteiger partial charge < -0.3 is 19.9 Å². The molecule has 4 aromatic rings. The van der Waals surface area contributed by atoms with Crippen molar-refractivity contribution in [2.75, 3.05) is 25.2 Å². The number of nitrogens with one attached hydrogen (secondary N) is 2. The molecule has 0 aliphatic carbocycles. The predicted octanol–water partition coefficient (Wildman–Crippen LogP) is 5.76. The number of carbonyl (C=O) groups excluding carboxylic acids is 2. The van der Waals surface area contributed by atoms with E-state index in [4.69, 9.17) is 4.74 Å². The quantitative estimate of drug-likeness (QED) is 0.255. The van der Waals surface area contributed by atoms with E-state index >= 15 is 0 Å². The molecule has 0 saturated carbocycles. The van der Waals surface area contributed by atoms with E-state index in [0.29, 0.717) is 25.9 Å². The standard InChI is InChI=1S/C29H33N3O3S/c1-3-35-28(33)27(16-18-36-2)31-29(34)32(17-15-22-19-30-26-14-7-6-13-25(22)26)20-23-11-8-10-21-9-4-5-12-24(21)23/h4-14,19,27,30H,3,15-18,20H2,1-2H3,(H,31,34). The summed E-state index contributed by atoms with van der Waals surface area (Å²) in [6.45, 7) is 3.01. The Kier molecular flexibility index (Phi) is 8.90. The molecular formula is C29H33N3O3S. The van der Waals surface area contributed by atoms with Gasteiger partial charge in [0.15, 0.2) is 0 Å². The number of ether oxygens (including phenoxy) is 1. The van der Waals surface area contributed by atoms with Crippen molar-refractivity contribution in [3.63, 3.8) is 0 Å². The van der Waals surface area contributed by atoms with Gasteiger partial charge in [0, 0.05) is 30.2 Å². The van der Waals surface area contributed by atoms with Crippen molar-refractivity contribution >= 4 is 45.4 Å². The van der Waals surface area contributed by atoms with Gasteiger partial charge in [-0.25, -0.2) is 9.59 Å². The Morgan fingerprint density at radius 1 is 1.00 bits per heavy atom. The number of esters is 1. The minimum absolute atomic E-state index is 0.262. The van der Waals surface area contributed by atoms with Gasteiger partial charge in [0.2, 0.25) is 0 Å². The third-order valence-electron chi connectivity index (χ3n) is 6.33. The molecule has 0 aliphatic rings. The summed E-state index contributed by atoms with van der Waals surface area (Å²) in [6.07, 6.45) is 5.21. The first kappa shape index (κ1) is 25.6. The third kappa shape index (κ3) is 6.21. The number of aromatic nitrogens is 1. The van der Waals surface area contributed by atoms with Crippen LogP contribution in [0.3, 0.4) is 0 Å². The van der Waals surface area contributed by atoms with E-state index in [1.807, 2.05) is 42.8 Å². The summed E-state index contributed by atoms with van der Waals surface area (Å²) in [4.78, 5) is 31.3. The van der Waals surface area contributed by atoms with Gasteiger partial charge in [0.05, 0.1) is 6.61 Å². The number of thioether (sulfide) groups is 1. The summed E-state index contributed by atoms with van der Waals surface area (Å²) >= 11 is 1.64. The summed E-state index contributed by atoms with van der Waals surface area (Å²) in [6, 6.07) is 21.6. The van der Waals surface area contributed by atoms with Gasteiger partial charge in [0.25, 0.3) is 0 Å². The molecule has 0 fully saturated rings. The van der Waals surface area contributed by atoms with Crippen molar-refractivity contribution in [3.8, 4) is 0 Å². The Balaban J connectivity index is 1.58. The first-order valence-corrected chi connectivity index (χ1v) is 13.7. The van der Waals surface area contributed by atoms with E-state index in [9.17, 15) is 9.59 Å². The van der Waals surface area contributed by atoms with E-state index in [1.54, 1.807) is 23.6 Å². The van der Waals surface area contributed by atoms with Gasteiger partial charge in [-0.2, -0.15) is 11.8 Å². The number of para-hydroxylation sites is 1. The van der Waals surface area contributed by atoms with Crippen molar-refractivity contribution in [2.45, 2.75) is 32.4 Å². The first-order valence-electron chi connectivity index (χ1n) is 12.3. The number of hydrogen-bond acceptors (Lipinski definition) is 4. The zero-order valence-corrected chi connectivity index (χ0v) is 21.6. The largest absolute Gasteiger partial charge is 0.464 e. The maximum absolute atomic E-state index is 13.6. The fourth-order valence-corrected chi connectivity index (χ4v) is 4.92. The number of urea groups is 1. The van der Waals surface area contributed by atoms with Gasteiger partial charge in [-0.15, -0.1) is 0 Å². The molecule has 7 heteroatoms. The molecule has 188 valence electrons. The number of hydrogen-bond donors (Lipinski definition) is 2. The smallest absolute Gasteiger partial charge is 0.328 e. The van der Waals surface area contributed by atoms with Crippen molar-refractivity contribution in [3.05, 3.63) is 84.1 Å². The fraction of sp³-hybridized carbons (Fsp3) is 0.310. The molecule has 0 radical (unpaired) electrons. The van der Waals surface area contributed by atoms with Crippen molar-refractivity contribution in [1.29, 1.82) is 0 Å². The summed E-state index contributed by atoms with van der Waals surface area (Å²) < 4.78 is 5.24. The topological polar surface area (TPSA) is 74.4 Å². The van der Waals surface area contributed by atoms with Crippen LogP contribution in [0.5, 0.6) is 0 Å². The Labute approximate surface area is 216 Å². The van der Waals surface area contributed by atoms with Crippen molar-refractivity contribution in [2.24, 2.45) is 0 Å². The number of benzene rings is 3. The van der Waals surface area contributed by atoms with Gasteiger partial charge in [0.1, 0.15) is 6.04 Å². The van der Waals surface area contributed by atoms with Crippen LogP contribution < -0.4 is 5.32 Å². The van der Waals surface area contributed by atoms with Gasteiger partial charge in [-0.1, -0.05) is 60.7 Å². The van der Waals surface area contributed by atoms with Crippen LogP contribution in [0, 0.1) is 0 Å². The van der Waals surface area contributed by atoms with Gasteiger partial charge in [-0.05, 0) is 59.7 Å². The van der Waals surface area contributed by atoms with Crippen molar-refractivity contribution < 1.29 is 14.3 Å². The lowest BCUT2D eigenvalue weighted by Gasteiger charge is -2.26. The maximum atomic E-state index is 13.6. The Morgan fingerprint density at radius 3 is 2.56 bits per heavy atom. The predicted molar refractivity (Wildman–Crippen MR) is 148 cm³/mol. The molecule has 2 amide bonds. The molecule has 3 aromatic carbocycles. The second-order valence-corrected chi connectivity index (χ2v) is 9.69. The minimum Gasteiger partial charge on any atom is -0.464 e.